The van der Waals surface area contributed by atoms with Crippen molar-refractivity contribution in [3.05, 3.63) is 70.8 Å². The van der Waals surface area contributed by atoms with Gasteiger partial charge in [-0.2, -0.15) is 0 Å². The van der Waals surface area contributed by atoms with Crippen LogP contribution in [0.3, 0.4) is 0 Å². The largest absolute Gasteiger partial charge is 0.458 e. The molecule has 0 fully saturated rings. The van der Waals surface area contributed by atoms with E-state index >= 15 is 0 Å². The van der Waals surface area contributed by atoms with Crippen molar-refractivity contribution in [1.29, 1.82) is 0 Å². The summed E-state index contributed by atoms with van der Waals surface area (Å²) in [6, 6.07) is 14.9. The molecule has 0 aliphatic rings. The smallest absolute Gasteiger partial charge is 0.338 e. The highest BCUT2D eigenvalue weighted by Crippen LogP contribution is 2.18. The highest BCUT2D eigenvalue weighted by Gasteiger charge is 2.06. The Hall–Kier alpha value is -2.26. The molecule has 0 saturated carbocycles. The van der Waals surface area contributed by atoms with Crippen LogP contribution in [0.1, 0.15) is 22.8 Å². The topological polar surface area (TPSA) is 29.5 Å². The maximum absolute atomic E-state index is 12.0. The maximum Gasteiger partial charge on any atom is 0.338 e. The minimum Gasteiger partial charge on any atom is -0.458 e. The van der Waals surface area contributed by atoms with E-state index in [0.29, 0.717) is 10.6 Å². The maximum atomic E-state index is 12.0. The van der Waals surface area contributed by atoms with Gasteiger partial charge in [-0.3, -0.25) is 0 Å². The number of rotatable bonds is 5. The predicted octanol–water partition coefficient (Wildman–Crippen LogP) is 4.67. The second-order valence-electron chi connectivity index (χ2n) is 5.44. The van der Waals surface area contributed by atoms with Gasteiger partial charge in [0.05, 0.1) is 5.56 Å². The van der Waals surface area contributed by atoms with E-state index < -0.39 is 0 Å². The number of nitrogens with zero attached hydrogens (tertiary/aromatic N) is 1. The lowest BCUT2D eigenvalue weighted by Gasteiger charge is -2.12. The van der Waals surface area contributed by atoms with Crippen LogP contribution in [-0.4, -0.2) is 26.7 Å². The Kier molecular flexibility index (Phi) is 5.83. The zero-order valence-electron chi connectivity index (χ0n) is 13.5. The van der Waals surface area contributed by atoms with E-state index in [9.17, 15) is 4.79 Å². The Morgan fingerprint density at radius 3 is 2.43 bits per heavy atom. The second-order valence-corrected chi connectivity index (χ2v) is 5.87. The number of benzene rings is 2. The normalized spacial score (nSPS) is 11.2. The molecule has 120 valence electrons. The van der Waals surface area contributed by atoms with Gasteiger partial charge in [0.25, 0.3) is 0 Å². The molecule has 0 atom stereocenters. The molecule has 0 unspecified atom stereocenters. The zero-order chi connectivity index (χ0) is 16.8. The van der Waals surface area contributed by atoms with Crippen LogP contribution in [0.2, 0.25) is 5.02 Å². The van der Waals surface area contributed by atoms with Gasteiger partial charge in [-0.1, -0.05) is 23.7 Å². The molecule has 0 aliphatic carbocycles. The number of ether oxygens (including phenoxy) is 1. The summed E-state index contributed by atoms with van der Waals surface area (Å²) in [4.78, 5) is 14.0. The summed E-state index contributed by atoms with van der Waals surface area (Å²) in [5, 5.41) is 0.688. The average molecular weight is 330 g/mol. The van der Waals surface area contributed by atoms with Crippen LogP contribution in [0.5, 0.6) is 0 Å². The van der Waals surface area contributed by atoms with E-state index in [2.05, 4.69) is 0 Å². The summed E-state index contributed by atoms with van der Waals surface area (Å²) in [7, 11) is 3.91. The first-order valence-electron chi connectivity index (χ1n) is 7.34. The molecule has 0 spiro atoms. The number of hydrogen-bond acceptors (Lipinski definition) is 3. The lowest BCUT2D eigenvalue weighted by molar-refractivity contribution is 0.0550. The fraction of sp³-hybridized carbons (Fsp3) is 0.211. The van der Waals surface area contributed by atoms with Gasteiger partial charge in [0.15, 0.2) is 0 Å². The molecule has 0 aromatic heterocycles. The van der Waals surface area contributed by atoms with E-state index in [-0.39, 0.29) is 12.6 Å². The molecule has 23 heavy (non-hydrogen) atoms. The summed E-state index contributed by atoms with van der Waals surface area (Å²) >= 11 is 5.97. The van der Waals surface area contributed by atoms with Gasteiger partial charge in [-0.05, 0) is 60.5 Å². The second kappa shape index (κ2) is 7.84. The van der Waals surface area contributed by atoms with Gasteiger partial charge in [0, 0.05) is 24.8 Å². The third kappa shape index (κ3) is 4.86. The van der Waals surface area contributed by atoms with Crippen molar-refractivity contribution < 1.29 is 9.53 Å². The van der Waals surface area contributed by atoms with E-state index in [4.69, 9.17) is 16.3 Å². The molecule has 0 heterocycles. The standard InChI is InChI=1S/C19H20ClNO2/c1-14(16-5-4-6-17(20)13-16)11-12-23-19(22)15-7-9-18(10-8-15)21(2)3/h4-11,13H,12H2,1-3H3/b14-11+. The molecule has 2 aromatic carbocycles. The summed E-state index contributed by atoms with van der Waals surface area (Å²) in [6.45, 7) is 2.19. The van der Waals surface area contributed by atoms with Crippen molar-refractivity contribution in [3.63, 3.8) is 0 Å². The van der Waals surface area contributed by atoms with Gasteiger partial charge in [-0.25, -0.2) is 4.79 Å². The monoisotopic (exact) mass is 329 g/mol. The summed E-state index contributed by atoms with van der Waals surface area (Å²) in [5.74, 6) is -0.328. The van der Waals surface area contributed by atoms with Gasteiger partial charge in [0.2, 0.25) is 0 Å². The molecule has 2 aromatic rings. The van der Waals surface area contributed by atoms with Crippen LogP contribution >= 0.6 is 11.6 Å². The Morgan fingerprint density at radius 2 is 1.83 bits per heavy atom. The Balaban J connectivity index is 1.95. The number of esters is 1. The SMILES string of the molecule is C/C(=C\COC(=O)c1ccc(N(C)C)cc1)c1cccc(Cl)c1. The third-order valence-electron chi connectivity index (χ3n) is 3.50. The van der Waals surface area contributed by atoms with E-state index in [1.807, 2.05) is 68.4 Å². The lowest BCUT2D eigenvalue weighted by atomic mass is 10.1. The number of allylic oxidation sites excluding steroid dienone is 1. The Bertz CT molecular complexity index is 706. The molecule has 0 N–H and O–H groups in total. The van der Waals surface area contributed by atoms with Crippen molar-refractivity contribution in [3.8, 4) is 0 Å². The summed E-state index contributed by atoms with van der Waals surface area (Å²) in [5.41, 5.74) is 3.62. The quantitative estimate of drug-likeness (QED) is 0.747. The highest BCUT2D eigenvalue weighted by molar-refractivity contribution is 6.30. The van der Waals surface area contributed by atoms with Gasteiger partial charge >= 0.3 is 5.97 Å². The molecule has 4 heteroatoms. The van der Waals surface area contributed by atoms with Crippen LogP contribution in [0, 0.1) is 0 Å². The van der Waals surface area contributed by atoms with Gasteiger partial charge < -0.3 is 9.64 Å². The minimum absolute atomic E-state index is 0.229. The Morgan fingerprint density at radius 1 is 1.13 bits per heavy atom. The van der Waals surface area contributed by atoms with Crippen molar-refractivity contribution >= 4 is 28.8 Å². The van der Waals surface area contributed by atoms with Gasteiger partial charge in [0.1, 0.15) is 6.61 Å². The number of halogens is 1. The molecule has 0 amide bonds. The van der Waals surface area contributed by atoms with Crippen LogP contribution < -0.4 is 4.90 Å². The van der Waals surface area contributed by atoms with Crippen molar-refractivity contribution in [2.45, 2.75) is 6.92 Å². The van der Waals surface area contributed by atoms with E-state index in [0.717, 1.165) is 16.8 Å². The Labute approximate surface area is 142 Å². The van der Waals surface area contributed by atoms with Crippen LogP contribution in [-0.2, 0) is 4.74 Å². The minimum atomic E-state index is -0.328. The third-order valence-corrected chi connectivity index (χ3v) is 3.74. The first-order valence-corrected chi connectivity index (χ1v) is 7.72. The number of hydrogen-bond donors (Lipinski definition) is 0. The molecular weight excluding hydrogens is 310 g/mol. The fourth-order valence-corrected chi connectivity index (χ4v) is 2.26. The zero-order valence-corrected chi connectivity index (χ0v) is 14.3. The average Bonchev–Trinajstić information content (AvgIpc) is 2.54. The first-order chi connectivity index (χ1) is 11.0. The predicted molar refractivity (Wildman–Crippen MR) is 96.2 cm³/mol. The lowest BCUT2D eigenvalue weighted by Crippen LogP contribution is -2.09. The van der Waals surface area contributed by atoms with Gasteiger partial charge in [-0.15, -0.1) is 0 Å². The first kappa shape index (κ1) is 17.1. The number of carbonyl (C=O) groups excluding carboxylic acids is 1. The fourth-order valence-electron chi connectivity index (χ4n) is 2.07. The highest BCUT2D eigenvalue weighted by atomic mass is 35.5. The molecule has 0 aliphatic heterocycles. The number of anilines is 1. The molecule has 0 saturated heterocycles. The molecule has 3 nitrogen and oxygen atoms in total. The molecule has 2 rings (SSSR count). The van der Waals surface area contributed by atoms with Crippen molar-refractivity contribution in [2.24, 2.45) is 0 Å². The molecule has 0 bridgehead atoms. The van der Waals surface area contributed by atoms with Crippen LogP contribution in [0.4, 0.5) is 5.69 Å². The van der Waals surface area contributed by atoms with Crippen LogP contribution in [0.25, 0.3) is 5.57 Å². The molecule has 0 radical (unpaired) electrons. The van der Waals surface area contributed by atoms with Crippen molar-refractivity contribution in [2.75, 3.05) is 25.6 Å². The van der Waals surface area contributed by atoms with Crippen molar-refractivity contribution in [1.82, 2.24) is 0 Å². The van der Waals surface area contributed by atoms with Crippen LogP contribution in [0.15, 0.2) is 54.6 Å². The van der Waals surface area contributed by atoms with E-state index in [1.165, 1.54) is 0 Å². The molecular formula is C19H20ClNO2. The van der Waals surface area contributed by atoms with E-state index in [1.54, 1.807) is 12.1 Å². The summed E-state index contributed by atoms with van der Waals surface area (Å²) < 4.78 is 5.29. The summed E-state index contributed by atoms with van der Waals surface area (Å²) in [6.07, 6.45) is 1.87. The number of carbonyl (C=O) groups is 1.